The number of nitrogens with one attached hydrogen (secondary N) is 1. The van der Waals surface area contributed by atoms with Crippen molar-refractivity contribution in [3.8, 4) is 17.1 Å². The van der Waals surface area contributed by atoms with Crippen molar-refractivity contribution in [3.05, 3.63) is 42.2 Å². The number of aromatic nitrogens is 2. The summed E-state index contributed by atoms with van der Waals surface area (Å²) < 4.78 is 5.22. The molecule has 0 aromatic carbocycles. The van der Waals surface area contributed by atoms with Gasteiger partial charge in [0.2, 0.25) is 5.88 Å². The Labute approximate surface area is 117 Å². The zero-order chi connectivity index (χ0) is 13.9. The van der Waals surface area contributed by atoms with Gasteiger partial charge in [0.05, 0.1) is 18.4 Å². The fourth-order valence-electron chi connectivity index (χ4n) is 1.96. The number of hydrogen-bond acceptors (Lipinski definition) is 4. The predicted octanol–water partition coefficient (Wildman–Crippen LogP) is 2.04. The number of nitrogens with zero attached hydrogens (tertiary/aromatic N) is 2. The summed E-state index contributed by atoms with van der Waals surface area (Å²) in [5.74, 6) is 0.443. The highest BCUT2D eigenvalue weighted by molar-refractivity contribution is 5.95. The minimum atomic E-state index is -0.0565. The van der Waals surface area contributed by atoms with E-state index in [1.54, 1.807) is 31.6 Å². The van der Waals surface area contributed by atoms with Crippen LogP contribution in [0.1, 0.15) is 23.2 Å². The molecule has 0 bridgehead atoms. The van der Waals surface area contributed by atoms with E-state index in [4.69, 9.17) is 4.74 Å². The van der Waals surface area contributed by atoms with E-state index in [1.807, 2.05) is 12.1 Å². The SMILES string of the molecule is COc1ncccc1-c1cc(C(=O)NC2CC2)ccn1. The van der Waals surface area contributed by atoms with E-state index in [9.17, 15) is 4.79 Å². The highest BCUT2D eigenvalue weighted by atomic mass is 16.5. The van der Waals surface area contributed by atoms with Crippen molar-refractivity contribution in [2.45, 2.75) is 18.9 Å². The highest BCUT2D eigenvalue weighted by Gasteiger charge is 2.24. The lowest BCUT2D eigenvalue weighted by molar-refractivity contribution is 0.0951. The second kappa shape index (κ2) is 5.28. The Morgan fingerprint density at radius 3 is 2.90 bits per heavy atom. The molecule has 3 rings (SSSR count). The number of ether oxygens (including phenoxy) is 1. The Balaban J connectivity index is 1.91. The van der Waals surface area contributed by atoms with Crippen molar-refractivity contribution in [3.63, 3.8) is 0 Å². The van der Waals surface area contributed by atoms with Crippen LogP contribution in [-0.4, -0.2) is 29.0 Å². The topological polar surface area (TPSA) is 64.1 Å². The molecular formula is C15H15N3O2. The van der Waals surface area contributed by atoms with Crippen LogP contribution in [0.5, 0.6) is 5.88 Å². The fourth-order valence-corrected chi connectivity index (χ4v) is 1.96. The first-order valence-corrected chi connectivity index (χ1v) is 6.54. The number of methoxy groups -OCH3 is 1. The van der Waals surface area contributed by atoms with Crippen molar-refractivity contribution in [1.29, 1.82) is 0 Å². The quantitative estimate of drug-likeness (QED) is 0.922. The number of carbonyl (C=O) groups excluding carboxylic acids is 1. The number of amides is 1. The Hall–Kier alpha value is -2.43. The van der Waals surface area contributed by atoms with Gasteiger partial charge in [0.15, 0.2) is 0 Å². The molecule has 1 saturated carbocycles. The molecule has 0 aliphatic heterocycles. The summed E-state index contributed by atoms with van der Waals surface area (Å²) in [6.45, 7) is 0. The molecule has 1 aliphatic carbocycles. The summed E-state index contributed by atoms with van der Waals surface area (Å²) in [5, 5.41) is 2.96. The van der Waals surface area contributed by atoms with Gasteiger partial charge in [-0.2, -0.15) is 0 Å². The van der Waals surface area contributed by atoms with Gasteiger partial charge in [0, 0.05) is 24.0 Å². The summed E-state index contributed by atoms with van der Waals surface area (Å²) >= 11 is 0. The molecule has 20 heavy (non-hydrogen) atoms. The van der Waals surface area contributed by atoms with Crippen molar-refractivity contribution in [2.75, 3.05) is 7.11 Å². The van der Waals surface area contributed by atoms with Crippen molar-refractivity contribution < 1.29 is 9.53 Å². The van der Waals surface area contributed by atoms with E-state index in [0.29, 0.717) is 23.2 Å². The maximum Gasteiger partial charge on any atom is 0.251 e. The first-order chi connectivity index (χ1) is 9.78. The van der Waals surface area contributed by atoms with Gasteiger partial charge in [-0.05, 0) is 37.1 Å². The zero-order valence-electron chi connectivity index (χ0n) is 11.2. The third-order valence-corrected chi connectivity index (χ3v) is 3.18. The maximum absolute atomic E-state index is 12.0. The second-order valence-electron chi connectivity index (χ2n) is 4.74. The van der Waals surface area contributed by atoms with Gasteiger partial charge < -0.3 is 10.1 Å². The lowest BCUT2D eigenvalue weighted by Gasteiger charge is -2.08. The standard InChI is InChI=1S/C15H15N3O2/c1-20-15-12(3-2-7-17-15)13-9-10(6-8-16-13)14(19)18-11-4-5-11/h2-3,6-9,11H,4-5H2,1H3,(H,18,19). The van der Waals surface area contributed by atoms with Gasteiger partial charge in [-0.25, -0.2) is 4.98 Å². The Morgan fingerprint density at radius 1 is 1.30 bits per heavy atom. The third kappa shape index (κ3) is 2.61. The van der Waals surface area contributed by atoms with Crippen LogP contribution < -0.4 is 10.1 Å². The van der Waals surface area contributed by atoms with E-state index in [1.165, 1.54) is 0 Å². The minimum absolute atomic E-state index is 0.0565. The molecule has 2 aromatic heterocycles. The summed E-state index contributed by atoms with van der Waals surface area (Å²) in [7, 11) is 1.56. The summed E-state index contributed by atoms with van der Waals surface area (Å²) in [6.07, 6.45) is 5.43. The van der Waals surface area contributed by atoms with Gasteiger partial charge in [0.25, 0.3) is 5.91 Å². The minimum Gasteiger partial charge on any atom is -0.481 e. The molecule has 0 unspecified atom stereocenters. The van der Waals surface area contributed by atoms with E-state index < -0.39 is 0 Å². The molecule has 2 heterocycles. The molecule has 0 atom stereocenters. The maximum atomic E-state index is 12.0. The largest absolute Gasteiger partial charge is 0.481 e. The van der Waals surface area contributed by atoms with Gasteiger partial charge in [-0.15, -0.1) is 0 Å². The summed E-state index contributed by atoms with van der Waals surface area (Å²) in [4.78, 5) is 20.5. The van der Waals surface area contributed by atoms with Crippen LogP contribution in [0.15, 0.2) is 36.7 Å². The molecule has 0 saturated heterocycles. The van der Waals surface area contributed by atoms with Crippen LogP contribution in [0.25, 0.3) is 11.3 Å². The molecule has 5 nitrogen and oxygen atoms in total. The van der Waals surface area contributed by atoms with Crippen LogP contribution in [0.4, 0.5) is 0 Å². The first kappa shape index (κ1) is 12.6. The lowest BCUT2D eigenvalue weighted by atomic mass is 10.1. The Kier molecular flexibility index (Phi) is 3.33. The molecule has 1 amide bonds. The number of carbonyl (C=O) groups is 1. The van der Waals surface area contributed by atoms with Crippen LogP contribution in [0.2, 0.25) is 0 Å². The summed E-state index contributed by atoms with van der Waals surface area (Å²) in [6, 6.07) is 7.50. The molecular weight excluding hydrogens is 254 g/mol. The van der Waals surface area contributed by atoms with Crippen molar-refractivity contribution in [1.82, 2.24) is 15.3 Å². The molecule has 1 aliphatic rings. The summed E-state index contributed by atoms with van der Waals surface area (Å²) in [5.41, 5.74) is 2.06. The Bertz CT molecular complexity index is 639. The zero-order valence-corrected chi connectivity index (χ0v) is 11.2. The molecule has 2 aromatic rings. The normalized spacial score (nSPS) is 13.8. The van der Waals surface area contributed by atoms with E-state index in [-0.39, 0.29) is 5.91 Å². The fraction of sp³-hybridized carbons (Fsp3) is 0.267. The van der Waals surface area contributed by atoms with Gasteiger partial charge in [0.1, 0.15) is 0 Å². The third-order valence-electron chi connectivity index (χ3n) is 3.18. The second-order valence-corrected chi connectivity index (χ2v) is 4.74. The molecule has 5 heteroatoms. The molecule has 1 N–H and O–H groups in total. The molecule has 1 fully saturated rings. The van der Waals surface area contributed by atoms with Crippen LogP contribution in [-0.2, 0) is 0 Å². The van der Waals surface area contributed by atoms with E-state index in [2.05, 4.69) is 15.3 Å². The molecule has 0 radical (unpaired) electrons. The predicted molar refractivity (Wildman–Crippen MR) is 74.5 cm³/mol. The van der Waals surface area contributed by atoms with Crippen molar-refractivity contribution >= 4 is 5.91 Å². The van der Waals surface area contributed by atoms with Crippen LogP contribution in [0, 0.1) is 0 Å². The molecule has 102 valence electrons. The Morgan fingerprint density at radius 2 is 2.15 bits per heavy atom. The van der Waals surface area contributed by atoms with Crippen LogP contribution >= 0.6 is 0 Å². The van der Waals surface area contributed by atoms with Crippen LogP contribution in [0.3, 0.4) is 0 Å². The van der Waals surface area contributed by atoms with Gasteiger partial charge in [-0.3, -0.25) is 9.78 Å². The van der Waals surface area contributed by atoms with Gasteiger partial charge >= 0.3 is 0 Å². The number of pyridine rings is 2. The number of hydrogen-bond donors (Lipinski definition) is 1. The monoisotopic (exact) mass is 269 g/mol. The lowest BCUT2D eigenvalue weighted by Crippen LogP contribution is -2.25. The average molecular weight is 269 g/mol. The number of rotatable bonds is 4. The van der Waals surface area contributed by atoms with Crippen molar-refractivity contribution in [2.24, 2.45) is 0 Å². The van der Waals surface area contributed by atoms with E-state index >= 15 is 0 Å². The van der Waals surface area contributed by atoms with Gasteiger partial charge in [-0.1, -0.05) is 0 Å². The smallest absolute Gasteiger partial charge is 0.251 e. The van der Waals surface area contributed by atoms with E-state index in [0.717, 1.165) is 18.4 Å². The highest BCUT2D eigenvalue weighted by Crippen LogP contribution is 2.26. The first-order valence-electron chi connectivity index (χ1n) is 6.54. The average Bonchev–Trinajstić information content (AvgIpc) is 3.31. The molecule has 0 spiro atoms.